The number of quaternary nitrogens is 1. The van der Waals surface area contributed by atoms with E-state index in [9.17, 15) is 9.59 Å². The van der Waals surface area contributed by atoms with Crippen molar-refractivity contribution < 1.29 is 14.9 Å². The number of rotatable bonds is 8. The first-order valence-electron chi connectivity index (χ1n) is 10.5. The van der Waals surface area contributed by atoms with E-state index in [1.807, 2.05) is 55.6 Å². The van der Waals surface area contributed by atoms with Gasteiger partial charge in [0.25, 0.3) is 5.91 Å². The first-order valence-corrected chi connectivity index (χ1v) is 10.5. The lowest BCUT2D eigenvalue weighted by Crippen LogP contribution is -2.87. The summed E-state index contributed by atoms with van der Waals surface area (Å²) in [5.74, 6) is -0.413. The molecule has 0 aliphatic heterocycles. The predicted molar refractivity (Wildman–Crippen MR) is 124 cm³/mol. The molecule has 0 spiro atoms. The Hall–Kier alpha value is -3.44. The molecule has 0 unspecified atom stereocenters. The largest absolute Gasteiger partial charge is 0.342 e. The molecular formula is C26H30N3O2+. The van der Waals surface area contributed by atoms with Crippen molar-refractivity contribution in [3.63, 3.8) is 0 Å². The van der Waals surface area contributed by atoms with Gasteiger partial charge in [0.1, 0.15) is 6.04 Å². The fourth-order valence-corrected chi connectivity index (χ4v) is 3.46. The van der Waals surface area contributed by atoms with E-state index in [-0.39, 0.29) is 30.9 Å². The van der Waals surface area contributed by atoms with E-state index in [1.54, 1.807) is 0 Å². The lowest BCUT2D eigenvalue weighted by atomic mass is 9.98. The Morgan fingerprint density at radius 3 is 2.19 bits per heavy atom. The summed E-state index contributed by atoms with van der Waals surface area (Å²) in [4.78, 5) is 24.7. The molecule has 2 amide bonds. The van der Waals surface area contributed by atoms with E-state index in [1.165, 1.54) is 5.56 Å². The Labute approximate surface area is 183 Å². The molecule has 0 saturated heterocycles. The first-order chi connectivity index (χ1) is 14.9. The molecule has 0 bridgehead atoms. The van der Waals surface area contributed by atoms with E-state index < -0.39 is 0 Å². The van der Waals surface area contributed by atoms with Gasteiger partial charge >= 0.3 is 0 Å². The molecule has 3 aromatic rings. The second-order valence-corrected chi connectivity index (χ2v) is 7.81. The van der Waals surface area contributed by atoms with Crippen LogP contribution in [0.3, 0.4) is 0 Å². The van der Waals surface area contributed by atoms with Gasteiger partial charge in [-0.05, 0) is 38.0 Å². The Kier molecular flexibility index (Phi) is 7.57. The van der Waals surface area contributed by atoms with Gasteiger partial charge in [0.2, 0.25) is 5.91 Å². The summed E-state index contributed by atoms with van der Waals surface area (Å²) >= 11 is 0. The van der Waals surface area contributed by atoms with Gasteiger partial charge in [-0.25, -0.2) is 0 Å². The maximum Gasteiger partial charge on any atom is 0.275 e. The Morgan fingerprint density at radius 2 is 1.48 bits per heavy atom. The van der Waals surface area contributed by atoms with Gasteiger partial charge in [0.15, 0.2) is 6.54 Å². The van der Waals surface area contributed by atoms with Crippen molar-refractivity contribution >= 4 is 17.5 Å². The second kappa shape index (κ2) is 10.5. The van der Waals surface area contributed by atoms with Crippen molar-refractivity contribution in [1.82, 2.24) is 5.32 Å². The molecule has 0 aliphatic carbocycles. The molecule has 160 valence electrons. The van der Waals surface area contributed by atoms with Crippen LogP contribution in [-0.2, 0) is 9.59 Å². The molecule has 3 aromatic carbocycles. The molecule has 5 heteroatoms. The number of nitrogens with one attached hydrogen (secondary N) is 2. The van der Waals surface area contributed by atoms with Crippen LogP contribution in [0.2, 0.25) is 0 Å². The quantitative estimate of drug-likeness (QED) is 0.528. The predicted octanol–water partition coefficient (Wildman–Crippen LogP) is 3.02. The molecule has 0 saturated carbocycles. The molecule has 31 heavy (non-hydrogen) atoms. The number of carbonyl (C=O) groups is 2. The number of hydrogen-bond donors (Lipinski definition) is 3. The van der Waals surface area contributed by atoms with Crippen molar-refractivity contribution in [1.29, 1.82) is 0 Å². The summed E-state index contributed by atoms with van der Waals surface area (Å²) in [6, 6.07) is 24.2. The molecule has 4 N–H and O–H groups in total. The fraction of sp³-hybridized carbons (Fsp3) is 0.231. The maximum atomic E-state index is 12.4. The van der Waals surface area contributed by atoms with E-state index in [4.69, 9.17) is 0 Å². The van der Waals surface area contributed by atoms with Crippen LogP contribution in [-0.4, -0.2) is 24.9 Å². The standard InChI is InChI=1S/C26H29N3O2/c1-18-12-14-22(15-13-18)26(21-9-5-4-6-10-21)28-16-24(30)27-17-25(31)29-23-11-7-8-19(2)20(23)3/h4-15,26,28H,16-17H2,1-3H3,(H,27,30)(H,29,31)/p+1/t26-/m1/s1. The fourth-order valence-electron chi connectivity index (χ4n) is 3.46. The molecule has 0 fully saturated rings. The highest BCUT2D eigenvalue weighted by Gasteiger charge is 2.19. The number of benzene rings is 3. The molecule has 5 nitrogen and oxygen atoms in total. The van der Waals surface area contributed by atoms with Gasteiger partial charge in [0.05, 0.1) is 6.54 Å². The van der Waals surface area contributed by atoms with Crippen LogP contribution in [0.5, 0.6) is 0 Å². The number of anilines is 1. The van der Waals surface area contributed by atoms with E-state index in [0.717, 1.165) is 27.9 Å². The van der Waals surface area contributed by atoms with Gasteiger partial charge in [-0.1, -0.05) is 72.3 Å². The van der Waals surface area contributed by atoms with Crippen LogP contribution in [0.25, 0.3) is 0 Å². The smallest absolute Gasteiger partial charge is 0.275 e. The van der Waals surface area contributed by atoms with Gasteiger partial charge in [-0.2, -0.15) is 0 Å². The highest BCUT2D eigenvalue weighted by molar-refractivity contribution is 5.95. The minimum Gasteiger partial charge on any atom is -0.342 e. The summed E-state index contributed by atoms with van der Waals surface area (Å²) in [7, 11) is 0. The number of carbonyl (C=O) groups excluding carboxylic acids is 2. The van der Waals surface area contributed by atoms with E-state index in [0.29, 0.717) is 0 Å². The molecular weight excluding hydrogens is 386 g/mol. The Bertz CT molecular complexity index is 1030. The molecule has 0 aliphatic rings. The van der Waals surface area contributed by atoms with Crippen LogP contribution in [0.4, 0.5) is 5.69 Å². The maximum absolute atomic E-state index is 12.4. The van der Waals surface area contributed by atoms with Gasteiger partial charge in [0, 0.05) is 16.8 Å². The zero-order chi connectivity index (χ0) is 22.2. The summed E-state index contributed by atoms with van der Waals surface area (Å²) in [6.45, 7) is 6.19. The molecule has 1 atom stereocenters. The Balaban J connectivity index is 1.56. The van der Waals surface area contributed by atoms with Crippen LogP contribution < -0.4 is 16.0 Å². The number of amides is 2. The monoisotopic (exact) mass is 416 g/mol. The van der Waals surface area contributed by atoms with Gasteiger partial charge in [-0.15, -0.1) is 0 Å². The van der Waals surface area contributed by atoms with Crippen LogP contribution >= 0.6 is 0 Å². The van der Waals surface area contributed by atoms with E-state index >= 15 is 0 Å². The molecule has 0 heterocycles. The average molecular weight is 417 g/mol. The van der Waals surface area contributed by atoms with Crippen LogP contribution in [0.15, 0.2) is 72.8 Å². The molecule has 0 radical (unpaired) electrons. The lowest BCUT2D eigenvalue weighted by molar-refractivity contribution is -0.676. The summed E-state index contributed by atoms with van der Waals surface area (Å²) in [6.07, 6.45) is 0. The summed E-state index contributed by atoms with van der Waals surface area (Å²) in [5.41, 5.74) is 6.38. The lowest BCUT2D eigenvalue weighted by Gasteiger charge is -2.17. The average Bonchev–Trinajstić information content (AvgIpc) is 2.77. The van der Waals surface area contributed by atoms with Crippen molar-refractivity contribution in [3.8, 4) is 0 Å². The normalized spacial score (nSPS) is 11.6. The number of nitrogens with two attached hydrogens (primary N) is 1. The summed E-state index contributed by atoms with van der Waals surface area (Å²) in [5, 5.41) is 7.58. The molecule has 0 aromatic heterocycles. The third kappa shape index (κ3) is 6.27. The first kappa shape index (κ1) is 22.2. The van der Waals surface area contributed by atoms with Crippen molar-refractivity contribution in [2.24, 2.45) is 0 Å². The Morgan fingerprint density at radius 1 is 0.806 bits per heavy atom. The van der Waals surface area contributed by atoms with Crippen molar-refractivity contribution in [3.05, 3.63) is 101 Å². The van der Waals surface area contributed by atoms with Crippen LogP contribution in [0.1, 0.15) is 33.9 Å². The molecule has 3 rings (SSSR count). The minimum atomic E-state index is -0.236. The highest BCUT2D eigenvalue weighted by atomic mass is 16.2. The van der Waals surface area contributed by atoms with Crippen molar-refractivity contribution in [2.75, 3.05) is 18.4 Å². The SMILES string of the molecule is Cc1ccc([C@H]([NH2+]CC(=O)NCC(=O)Nc2cccc(C)c2C)c2ccccc2)cc1. The number of hydrogen-bond acceptors (Lipinski definition) is 2. The highest BCUT2D eigenvalue weighted by Crippen LogP contribution is 2.19. The van der Waals surface area contributed by atoms with Crippen LogP contribution in [0, 0.1) is 20.8 Å². The summed E-state index contributed by atoms with van der Waals surface area (Å²) < 4.78 is 0. The third-order valence-corrected chi connectivity index (χ3v) is 5.46. The second-order valence-electron chi connectivity index (χ2n) is 7.81. The zero-order valence-corrected chi connectivity index (χ0v) is 18.3. The van der Waals surface area contributed by atoms with E-state index in [2.05, 4.69) is 54.0 Å². The van der Waals surface area contributed by atoms with Gasteiger partial charge < -0.3 is 16.0 Å². The van der Waals surface area contributed by atoms with Gasteiger partial charge in [-0.3, -0.25) is 9.59 Å². The number of aryl methyl sites for hydroxylation is 2. The zero-order valence-electron chi connectivity index (χ0n) is 18.3. The topological polar surface area (TPSA) is 74.8 Å². The minimum absolute atomic E-state index is 0.0105. The van der Waals surface area contributed by atoms with Crippen molar-refractivity contribution in [2.45, 2.75) is 26.8 Å². The third-order valence-electron chi connectivity index (χ3n) is 5.46.